The summed E-state index contributed by atoms with van der Waals surface area (Å²) in [5.74, 6) is -0.722. The molecule has 84 valence electrons. The third-order valence-corrected chi connectivity index (χ3v) is 3.37. The van der Waals surface area contributed by atoms with Crippen LogP contribution in [-0.4, -0.2) is 11.1 Å². The van der Waals surface area contributed by atoms with Crippen molar-refractivity contribution in [3.8, 4) is 0 Å². The van der Waals surface area contributed by atoms with Gasteiger partial charge in [-0.3, -0.25) is 4.79 Å². The van der Waals surface area contributed by atoms with Gasteiger partial charge < -0.3 is 5.11 Å². The molecule has 0 radical (unpaired) electrons. The molecule has 0 amide bonds. The smallest absolute Gasteiger partial charge is 0.314 e. The van der Waals surface area contributed by atoms with Crippen LogP contribution in [0.3, 0.4) is 0 Å². The molecule has 1 aromatic rings. The molecule has 16 heavy (non-hydrogen) atoms. The van der Waals surface area contributed by atoms with Crippen LogP contribution in [-0.2, 0) is 16.6 Å². The zero-order valence-electron chi connectivity index (χ0n) is 9.49. The summed E-state index contributed by atoms with van der Waals surface area (Å²) >= 11 is 0. The molecule has 2 heteroatoms. The topological polar surface area (TPSA) is 37.3 Å². The molecule has 1 unspecified atom stereocenters. The zero-order chi connectivity index (χ0) is 11.8. The first kappa shape index (κ1) is 10.9. The van der Waals surface area contributed by atoms with Crippen LogP contribution >= 0.6 is 0 Å². The van der Waals surface area contributed by atoms with E-state index in [4.69, 9.17) is 0 Å². The van der Waals surface area contributed by atoms with Gasteiger partial charge >= 0.3 is 5.97 Å². The minimum Gasteiger partial charge on any atom is -0.481 e. The van der Waals surface area contributed by atoms with Crippen molar-refractivity contribution in [3.63, 3.8) is 0 Å². The maximum atomic E-state index is 11.6. The van der Waals surface area contributed by atoms with Gasteiger partial charge in [0.2, 0.25) is 0 Å². The molecule has 2 nitrogen and oxygen atoms in total. The van der Waals surface area contributed by atoms with E-state index in [1.807, 2.05) is 31.2 Å². The summed E-state index contributed by atoms with van der Waals surface area (Å²) < 4.78 is 0. The van der Waals surface area contributed by atoms with Crippen LogP contribution in [0, 0.1) is 0 Å². The van der Waals surface area contributed by atoms with E-state index < -0.39 is 11.4 Å². The van der Waals surface area contributed by atoms with Crippen LogP contribution in [0.5, 0.6) is 0 Å². The van der Waals surface area contributed by atoms with Gasteiger partial charge in [0.25, 0.3) is 0 Å². The molecule has 0 spiro atoms. The molecule has 2 rings (SSSR count). The lowest BCUT2D eigenvalue weighted by Gasteiger charge is -2.25. The van der Waals surface area contributed by atoms with Crippen molar-refractivity contribution in [1.29, 1.82) is 0 Å². The first-order valence-corrected chi connectivity index (χ1v) is 5.52. The second kappa shape index (κ2) is 3.78. The van der Waals surface area contributed by atoms with Gasteiger partial charge in [-0.25, -0.2) is 0 Å². The Kier molecular flexibility index (Phi) is 2.58. The number of benzene rings is 1. The fraction of sp³-hybridized carbons (Fsp3) is 0.357. The van der Waals surface area contributed by atoms with Crippen LogP contribution in [0.2, 0.25) is 0 Å². The fourth-order valence-electron chi connectivity index (χ4n) is 2.68. The summed E-state index contributed by atoms with van der Waals surface area (Å²) in [5, 5.41) is 9.52. The number of rotatable bonds is 3. The molecule has 0 aliphatic heterocycles. The standard InChI is InChI=1S/C14H16O2/c1-10(2)9-14(13(15)16)8-7-11-5-3-4-6-12(11)14/h3-6H,1,7-9H2,2H3,(H,15,16). The van der Waals surface area contributed by atoms with Crippen LogP contribution in [0.25, 0.3) is 0 Å². The van der Waals surface area contributed by atoms with Crippen molar-refractivity contribution in [3.05, 3.63) is 47.5 Å². The zero-order valence-corrected chi connectivity index (χ0v) is 9.49. The molecule has 0 heterocycles. The Bertz CT molecular complexity index is 448. The lowest BCUT2D eigenvalue weighted by Crippen LogP contribution is -2.33. The monoisotopic (exact) mass is 216 g/mol. The largest absolute Gasteiger partial charge is 0.481 e. The fourth-order valence-corrected chi connectivity index (χ4v) is 2.68. The lowest BCUT2D eigenvalue weighted by atomic mass is 9.77. The average molecular weight is 216 g/mol. The molecule has 1 aliphatic carbocycles. The molecule has 0 fully saturated rings. The Morgan fingerprint density at radius 3 is 2.81 bits per heavy atom. The van der Waals surface area contributed by atoms with Crippen molar-refractivity contribution in [2.24, 2.45) is 0 Å². The number of hydrogen-bond donors (Lipinski definition) is 1. The quantitative estimate of drug-likeness (QED) is 0.789. The van der Waals surface area contributed by atoms with E-state index in [-0.39, 0.29) is 0 Å². The van der Waals surface area contributed by atoms with Gasteiger partial charge in [0.1, 0.15) is 0 Å². The molecule has 0 saturated carbocycles. The Hall–Kier alpha value is -1.57. The second-order valence-electron chi connectivity index (χ2n) is 4.68. The summed E-state index contributed by atoms with van der Waals surface area (Å²) in [5.41, 5.74) is 2.35. The maximum Gasteiger partial charge on any atom is 0.314 e. The van der Waals surface area contributed by atoms with Crippen molar-refractivity contribution in [1.82, 2.24) is 0 Å². The minimum atomic E-state index is -0.734. The summed E-state index contributed by atoms with van der Waals surface area (Å²) in [6, 6.07) is 7.86. The third-order valence-electron chi connectivity index (χ3n) is 3.37. The highest BCUT2D eigenvalue weighted by Gasteiger charge is 2.44. The van der Waals surface area contributed by atoms with Gasteiger partial charge in [0.15, 0.2) is 0 Å². The van der Waals surface area contributed by atoms with Gasteiger partial charge in [-0.05, 0) is 37.3 Å². The summed E-state index contributed by atoms with van der Waals surface area (Å²) in [6.07, 6.45) is 2.09. The molecule has 1 atom stereocenters. The van der Waals surface area contributed by atoms with Gasteiger partial charge in [0.05, 0.1) is 5.41 Å². The van der Waals surface area contributed by atoms with E-state index in [0.717, 1.165) is 17.6 Å². The Balaban J connectivity index is 2.51. The van der Waals surface area contributed by atoms with E-state index in [9.17, 15) is 9.90 Å². The van der Waals surface area contributed by atoms with Crippen molar-refractivity contribution >= 4 is 5.97 Å². The highest BCUT2D eigenvalue weighted by atomic mass is 16.4. The Morgan fingerprint density at radius 1 is 1.50 bits per heavy atom. The average Bonchev–Trinajstić information content (AvgIpc) is 2.58. The van der Waals surface area contributed by atoms with Crippen LogP contribution in [0.15, 0.2) is 36.4 Å². The van der Waals surface area contributed by atoms with Crippen molar-refractivity contribution in [2.75, 3.05) is 0 Å². The number of carbonyl (C=O) groups is 1. The molecule has 1 N–H and O–H groups in total. The number of aliphatic carboxylic acids is 1. The van der Waals surface area contributed by atoms with E-state index in [0.29, 0.717) is 12.8 Å². The third kappa shape index (κ3) is 1.54. The number of aryl methyl sites for hydroxylation is 1. The summed E-state index contributed by atoms with van der Waals surface area (Å²) in [7, 11) is 0. The highest BCUT2D eigenvalue weighted by molar-refractivity contribution is 5.83. The Morgan fingerprint density at radius 2 is 2.19 bits per heavy atom. The first-order valence-electron chi connectivity index (χ1n) is 5.52. The molecule has 1 aliphatic rings. The maximum absolute atomic E-state index is 11.6. The normalized spacial score (nSPS) is 22.8. The first-order chi connectivity index (χ1) is 7.56. The Labute approximate surface area is 95.6 Å². The van der Waals surface area contributed by atoms with E-state index >= 15 is 0 Å². The summed E-state index contributed by atoms with van der Waals surface area (Å²) in [6.45, 7) is 5.75. The predicted octanol–water partition coefficient (Wildman–Crippen LogP) is 2.92. The number of carboxylic acids is 1. The van der Waals surface area contributed by atoms with E-state index in [1.165, 1.54) is 5.56 Å². The van der Waals surface area contributed by atoms with Gasteiger partial charge in [-0.15, -0.1) is 6.58 Å². The van der Waals surface area contributed by atoms with E-state index in [2.05, 4.69) is 6.58 Å². The number of carboxylic acid groups (broad SMARTS) is 1. The van der Waals surface area contributed by atoms with Gasteiger partial charge in [0, 0.05) is 0 Å². The highest BCUT2D eigenvalue weighted by Crippen LogP contribution is 2.43. The van der Waals surface area contributed by atoms with Crippen LogP contribution in [0.1, 0.15) is 30.9 Å². The number of fused-ring (bicyclic) bond motifs is 1. The van der Waals surface area contributed by atoms with Crippen molar-refractivity contribution < 1.29 is 9.90 Å². The molecule has 0 bridgehead atoms. The molecule has 1 aromatic carbocycles. The SMILES string of the molecule is C=C(C)CC1(C(=O)O)CCc2ccccc21. The molecular formula is C14H16O2. The van der Waals surface area contributed by atoms with Gasteiger partial charge in [-0.2, -0.15) is 0 Å². The molecule has 0 saturated heterocycles. The number of allylic oxidation sites excluding steroid dienone is 1. The minimum absolute atomic E-state index is 0.541. The molecule has 0 aromatic heterocycles. The van der Waals surface area contributed by atoms with Gasteiger partial charge in [-0.1, -0.05) is 29.8 Å². The second-order valence-corrected chi connectivity index (χ2v) is 4.68. The molecular weight excluding hydrogens is 200 g/mol. The van der Waals surface area contributed by atoms with Crippen LogP contribution in [0.4, 0.5) is 0 Å². The van der Waals surface area contributed by atoms with Crippen molar-refractivity contribution in [2.45, 2.75) is 31.6 Å². The van der Waals surface area contributed by atoms with Crippen LogP contribution < -0.4 is 0 Å². The van der Waals surface area contributed by atoms with E-state index in [1.54, 1.807) is 0 Å². The summed E-state index contributed by atoms with van der Waals surface area (Å²) in [4.78, 5) is 11.6. The predicted molar refractivity (Wildman–Crippen MR) is 63.5 cm³/mol. The number of hydrogen-bond acceptors (Lipinski definition) is 1. The lowest BCUT2D eigenvalue weighted by molar-refractivity contribution is -0.143.